The van der Waals surface area contributed by atoms with Crippen LogP contribution in [0.3, 0.4) is 0 Å². The topological polar surface area (TPSA) is 103 Å². The largest absolute Gasteiger partial charge is 0.395 e. The van der Waals surface area contributed by atoms with E-state index in [1.807, 2.05) is 13.1 Å². The van der Waals surface area contributed by atoms with Gasteiger partial charge in [0.25, 0.3) is 0 Å². The summed E-state index contributed by atoms with van der Waals surface area (Å²) in [5, 5.41) is 0. The number of rotatable bonds is 6. The van der Waals surface area contributed by atoms with Gasteiger partial charge in [-0.15, -0.1) is 11.8 Å². The Morgan fingerprint density at radius 1 is 1.35 bits per heavy atom. The zero-order valence-corrected chi connectivity index (χ0v) is 13.1. The van der Waals surface area contributed by atoms with Crippen LogP contribution in [-0.4, -0.2) is 17.0 Å². The molecule has 0 aliphatic rings. The number of hydrogen-bond donors (Lipinski definition) is 3. The molecule has 20 heavy (non-hydrogen) atoms. The van der Waals surface area contributed by atoms with E-state index in [0.717, 1.165) is 29.2 Å². The highest BCUT2D eigenvalue weighted by molar-refractivity contribution is 7.99. The number of anilines is 3. The maximum Gasteiger partial charge on any atom is 0.150 e. The standard InChI is InChI=1S/C14H23N5S/c1-4-5-6-18-10(3)9(2)8-20-11-7-12(15)19-14(17)13(11)16/h6-7H,4-5,8,16H2,1-3H3,(H4,15,17,19)/b10-9+,18-6-. The van der Waals surface area contributed by atoms with Crippen LogP contribution in [0, 0.1) is 0 Å². The summed E-state index contributed by atoms with van der Waals surface area (Å²) in [6, 6.07) is 1.75. The molecule has 1 aromatic heterocycles. The second-order valence-corrected chi connectivity index (χ2v) is 5.62. The Morgan fingerprint density at radius 3 is 2.70 bits per heavy atom. The average molecular weight is 293 g/mol. The number of pyridine rings is 1. The molecule has 0 atom stereocenters. The maximum absolute atomic E-state index is 5.90. The quantitative estimate of drug-likeness (QED) is 0.552. The SMILES string of the molecule is CCC/C=N\C(C)=C(/C)CSc1cc(N)nc(N)c1N. The van der Waals surface area contributed by atoms with Gasteiger partial charge in [0, 0.05) is 22.6 Å². The van der Waals surface area contributed by atoms with Crippen LogP contribution < -0.4 is 17.2 Å². The lowest BCUT2D eigenvalue weighted by Gasteiger charge is -2.09. The van der Waals surface area contributed by atoms with Crippen molar-refractivity contribution >= 4 is 35.3 Å². The van der Waals surface area contributed by atoms with E-state index in [1.54, 1.807) is 17.8 Å². The summed E-state index contributed by atoms with van der Waals surface area (Å²) in [7, 11) is 0. The number of nitrogens with two attached hydrogens (primary N) is 3. The fourth-order valence-corrected chi connectivity index (χ4v) is 2.47. The number of nitrogens with zero attached hydrogens (tertiary/aromatic N) is 2. The van der Waals surface area contributed by atoms with Crippen LogP contribution in [0.15, 0.2) is 27.2 Å². The Balaban J connectivity index is 2.74. The molecule has 110 valence electrons. The minimum absolute atomic E-state index is 0.284. The number of thioether (sulfide) groups is 1. The van der Waals surface area contributed by atoms with E-state index >= 15 is 0 Å². The number of nitrogen functional groups attached to an aromatic ring is 3. The number of hydrogen-bond acceptors (Lipinski definition) is 6. The molecule has 0 amide bonds. The molecule has 0 fully saturated rings. The number of allylic oxidation sites excluding steroid dienone is 1. The molecule has 0 saturated carbocycles. The van der Waals surface area contributed by atoms with Gasteiger partial charge in [-0.2, -0.15) is 0 Å². The van der Waals surface area contributed by atoms with Crippen molar-refractivity contribution in [3.05, 3.63) is 17.3 Å². The second-order valence-electron chi connectivity index (χ2n) is 4.60. The lowest BCUT2D eigenvalue weighted by molar-refractivity contribution is 1.00. The second kappa shape index (κ2) is 7.79. The van der Waals surface area contributed by atoms with Crippen molar-refractivity contribution in [1.29, 1.82) is 0 Å². The number of aliphatic imine (C=N–C) groups is 1. The molecule has 0 radical (unpaired) electrons. The molecule has 5 nitrogen and oxygen atoms in total. The van der Waals surface area contributed by atoms with E-state index in [2.05, 4.69) is 23.8 Å². The first-order chi connectivity index (χ1) is 9.45. The van der Waals surface area contributed by atoms with E-state index in [1.165, 1.54) is 5.57 Å². The third-order valence-corrected chi connectivity index (χ3v) is 4.06. The van der Waals surface area contributed by atoms with Crippen molar-refractivity contribution in [1.82, 2.24) is 4.98 Å². The summed E-state index contributed by atoms with van der Waals surface area (Å²) >= 11 is 1.59. The van der Waals surface area contributed by atoms with Crippen molar-refractivity contribution in [3.8, 4) is 0 Å². The Hall–Kier alpha value is -1.69. The molecule has 6 N–H and O–H groups in total. The van der Waals surface area contributed by atoms with Crippen molar-refractivity contribution in [3.63, 3.8) is 0 Å². The van der Waals surface area contributed by atoms with Crippen LogP contribution in [0.25, 0.3) is 0 Å². The molecule has 0 spiro atoms. The lowest BCUT2D eigenvalue weighted by atomic mass is 10.3. The molecule has 0 saturated heterocycles. The van der Waals surface area contributed by atoms with Crippen LogP contribution in [-0.2, 0) is 0 Å². The van der Waals surface area contributed by atoms with Crippen LogP contribution >= 0.6 is 11.8 Å². The molecule has 0 bridgehead atoms. The maximum atomic E-state index is 5.90. The summed E-state index contributed by atoms with van der Waals surface area (Å²) in [5.41, 5.74) is 20.0. The summed E-state index contributed by atoms with van der Waals surface area (Å²) in [4.78, 5) is 9.22. The molecule has 0 aliphatic carbocycles. The van der Waals surface area contributed by atoms with Crippen LogP contribution in [0.2, 0.25) is 0 Å². The molecule has 1 rings (SSSR count). The van der Waals surface area contributed by atoms with Crippen LogP contribution in [0.5, 0.6) is 0 Å². The molecule has 1 aromatic rings. The Morgan fingerprint density at radius 2 is 2.05 bits per heavy atom. The summed E-state index contributed by atoms with van der Waals surface area (Å²) < 4.78 is 0. The Bertz CT molecular complexity index is 523. The van der Waals surface area contributed by atoms with Gasteiger partial charge in [0.05, 0.1) is 5.69 Å². The fourth-order valence-electron chi connectivity index (χ4n) is 1.42. The highest BCUT2D eigenvalue weighted by atomic mass is 32.2. The van der Waals surface area contributed by atoms with Gasteiger partial charge in [-0.05, 0) is 31.9 Å². The smallest absolute Gasteiger partial charge is 0.150 e. The molecular weight excluding hydrogens is 270 g/mol. The lowest BCUT2D eigenvalue weighted by Crippen LogP contribution is -2.03. The average Bonchev–Trinajstić information content (AvgIpc) is 2.40. The van der Waals surface area contributed by atoms with E-state index in [-0.39, 0.29) is 5.82 Å². The predicted octanol–water partition coefficient (Wildman–Crippen LogP) is 3.09. The van der Waals surface area contributed by atoms with Crippen molar-refractivity contribution in [2.45, 2.75) is 38.5 Å². The predicted molar refractivity (Wildman–Crippen MR) is 90.0 cm³/mol. The normalized spacial score (nSPS) is 12.8. The van der Waals surface area contributed by atoms with Gasteiger partial charge in [0.15, 0.2) is 0 Å². The summed E-state index contributed by atoms with van der Waals surface area (Å²) in [6.07, 6.45) is 4.07. The number of unbranched alkanes of at least 4 members (excludes halogenated alkanes) is 1. The zero-order valence-electron chi connectivity index (χ0n) is 12.3. The van der Waals surface area contributed by atoms with Gasteiger partial charge in [0.2, 0.25) is 0 Å². The van der Waals surface area contributed by atoms with Gasteiger partial charge < -0.3 is 17.2 Å². The minimum atomic E-state index is 0.284. The molecule has 0 aliphatic heterocycles. The first-order valence-corrected chi connectivity index (χ1v) is 7.57. The van der Waals surface area contributed by atoms with Crippen molar-refractivity contribution in [2.24, 2.45) is 4.99 Å². The van der Waals surface area contributed by atoms with Crippen LogP contribution in [0.4, 0.5) is 17.3 Å². The fraction of sp³-hybridized carbons (Fsp3) is 0.429. The van der Waals surface area contributed by atoms with E-state index < -0.39 is 0 Å². The van der Waals surface area contributed by atoms with Crippen molar-refractivity contribution in [2.75, 3.05) is 23.0 Å². The zero-order chi connectivity index (χ0) is 15.1. The van der Waals surface area contributed by atoms with E-state index in [9.17, 15) is 0 Å². The summed E-state index contributed by atoms with van der Waals surface area (Å²) in [5.74, 6) is 1.47. The van der Waals surface area contributed by atoms with Gasteiger partial charge in [0.1, 0.15) is 11.6 Å². The van der Waals surface area contributed by atoms with Gasteiger partial charge >= 0.3 is 0 Å². The monoisotopic (exact) mass is 293 g/mol. The van der Waals surface area contributed by atoms with Gasteiger partial charge in [-0.1, -0.05) is 13.3 Å². The summed E-state index contributed by atoms with van der Waals surface area (Å²) in [6.45, 7) is 6.21. The minimum Gasteiger partial charge on any atom is -0.395 e. The van der Waals surface area contributed by atoms with E-state index in [4.69, 9.17) is 17.2 Å². The van der Waals surface area contributed by atoms with E-state index in [0.29, 0.717) is 11.5 Å². The Labute approximate surface area is 124 Å². The third-order valence-electron chi connectivity index (χ3n) is 2.83. The highest BCUT2D eigenvalue weighted by Gasteiger charge is 2.07. The molecule has 6 heteroatoms. The molecular formula is C14H23N5S. The van der Waals surface area contributed by atoms with Gasteiger partial charge in [-0.25, -0.2) is 4.98 Å². The molecule has 0 unspecified atom stereocenters. The molecule has 1 heterocycles. The highest BCUT2D eigenvalue weighted by Crippen LogP contribution is 2.31. The van der Waals surface area contributed by atoms with Crippen molar-refractivity contribution < 1.29 is 0 Å². The third kappa shape index (κ3) is 4.77. The first-order valence-electron chi connectivity index (χ1n) is 6.58. The first kappa shape index (κ1) is 16.4. The van der Waals surface area contributed by atoms with Gasteiger partial charge in [-0.3, -0.25) is 4.99 Å². The van der Waals surface area contributed by atoms with Crippen LogP contribution in [0.1, 0.15) is 33.6 Å². The Kier molecular flexibility index (Phi) is 6.38. The number of aromatic nitrogens is 1. The molecule has 0 aromatic carbocycles.